The largest absolute Gasteiger partial charge is 0.490 e. The SMILES string of the molecule is S=C=Nc1ccc(OCCOc2ccc(N=C=S)cc2)cc1. The Balaban J connectivity index is 1.76. The van der Waals surface area contributed by atoms with Crippen molar-refractivity contribution in [3.63, 3.8) is 0 Å². The molecule has 0 radical (unpaired) electrons. The molecule has 110 valence electrons. The summed E-state index contributed by atoms with van der Waals surface area (Å²) in [4.78, 5) is 7.74. The van der Waals surface area contributed by atoms with Crippen LogP contribution in [0.25, 0.3) is 0 Å². The standard InChI is InChI=1S/C16H12N2O2S2/c21-11-17-13-1-5-15(6-2-13)19-9-10-20-16-7-3-14(4-8-16)18-12-22/h1-8H,9-10H2. The van der Waals surface area contributed by atoms with Crippen molar-refractivity contribution in [1.29, 1.82) is 0 Å². The predicted molar refractivity (Wildman–Crippen MR) is 93.2 cm³/mol. The molecule has 0 unspecified atom stereocenters. The second-order valence-electron chi connectivity index (χ2n) is 4.09. The topological polar surface area (TPSA) is 43.2 Å². The van der Waals surface area contributed by atoms with E-state index in [1.165, 1.54) is 0 Å². The molecule has 0 aliphatic rings. The van der Waals surface area contributed by atoms with Crippen molar-refractivity contribution in [2.75, 3.05) is 13.2 Å². The summed E-state index contributed by atoms with van der Waals surface area (Å²) < 4.78 is 11.1. The van der Waals surface area contributed by atoms with E-state index in [9.17, 15) is 0 Å². The predicted octanol–water partition coefficient (Wildman–Crippen LogP) is 4.61. The highest BCUT2D eigenvalue weighted by atomic mass is 32.1. The number of isothiocyanates is 2. The maximum absolute atomic E-state index is 5.57. The molecule has 0 fully saturated rings. The number of thiocarbonyl (C=S) groups is 2. The zero-order valence-electron chi connectivity index (χ0n) is 11.6. The Hall–Kier alpha value is -2.36. The second kappa shape index (κ2) is 8.82. The van der Waals surface area contributed by atoms with Gasteiger partial charge in [0.1, 0.15) is 24.7 Å². The Bertz CT molecular complexity index is 638. The Kier molecular flexibility index (Phi) is 6.42. The molecule has 0 spiro atoms. The van der Waals surface area contributed by atoms with E-state index in [0.717, 1.165) is 22.9 Å². The van der Waals surface area contributed by atoms with Crippen LogP contribution in [0.2, 0.25) is 0 Å². The van der Waals surface area contributed by atoms with Crippen LogP contribution in [-0.2, 0) is 0 Å². The van der Waals surface area contributed by atoms with Gasteiger partial charge in [-0.05, 0) is 73.0 Å². The number of aliphatic imine (C=N–C) groups is 2. The van der Waals surface area contributed by atoms with Crippen molar-refractivity contribution in [3.05, 3.63) is 48.5 Å². The van der Waals surface area contributed by atoms with Gasteiger partial charge in [-0.2, -0.15) is 9.98 Å². The van der Waals surface area contributed by atoms with Crippen LogP contribution in [0.4, 0.5) is 11.4 Å². The summed E-state index contributed by atoms with van der Waals surface area (Å²) in [5.74, 6) is 1.50. The smallest absolute Gasteiger partial charge is 0.122 e. The average Bonchev–Trinajstić information content (AvgIpc) is 2.55. The summed E-state index contributed by atoms with van der Waals surface area (Å²) in [7, 11) is 0. The fourth-order valence-electron chi connectivity index (χ4n) is 1.66. The highest BCUT2D eigenvalue weighted by Crippen LogP contribution is 2.19. The van der Waals surface area contributed by atoms with Crippen molar-refractivity contribution < 1.29 is 9.47 Å². The quantitative estimate of drug-likeness (QED) is 0.423. The van der Waals surface area contributed by atoms with Crippen LogP contribution in [0.5, 0.6) is 11.5 Å². The highest BCUT2D eigenvalue weighted by Gasteiger charge is 1.97. The van der Waals surface area contributed by atoms with Crippen LogP contribution in [0.3, 0.4) is 0 Å². The zero-order valence-corrected chi connectivity index (χ0v) is 13.2. The normalized spacial score (nSPS) is 9.27. The van der Waals surface area contributed by atoms with Crippen LogP contribution in [0.1, 0.15) is 0 Å². The minimum Gasteiger partial charge on any atom is -0.490 e. The van der Waals surface area contributed by atoms with Crippen LogP contribution in [-0.4, -0.2) is 23.5 Å². The van der Waals surface area contributed by atoms with E-state index >= 15 is 0 Å². The first-order chi connectivity index (χ1) is 10.8. The zero-order chi connectivity index (χ0) is 15.6. The van der Waals surface area contributed by atoms with Gasteiger partial charge in [-0.3, -0.25) is 0 Å². The minimum atomic E-state index is 0.440. The van der Waals surface area contributed by atoms with E-state index in [1.54, 1.807) is 0 Å². The molecule has 22 heavy (non-hydrogen) atoms. The maximum atomic E-state index is 5.57. The van der Waals surface area contributed by atoms with Gasteiger partial charge in [0, 0.05) is 0 Å². The van der Waals surface area contributed by atoms with E-state index in [4.69, 9.17) is 9.47 Å². The second-order valence-corrected chi connectivity index (χ2v) is 4.46. The van der Waals surface area contributed by atoms with Gasteiger partial charge >= 0.3 is 0 Å². The molecule has 2 rings (SSSR count). The highest BCUT2D eigenvalue weighted by molar-refractivity contribution is 7.78. The molecule has 0 saturated heterocycles. The third kappa shape index (κ3) is 5.20. The summed E-state index contributed by atoms with van der Waals surface area (Å²) >= 11 is 9.09. The molecule has 0 heterocycles. The molecule has 0 aliphatic heterocycles. The third-order valence-electron chi connectivity index (χ3n) is 2.64. The Morgan fingerprint density at radius 2 is 1.05 bits per heavy atom. The van der Waals surface area contributed by atoms with Gasteiger partial charge < -0.3 is 9.47 Å². The molecule has 0 saturated carbocycles. The summed E-state index contributed by atoms with van der Waals surface area (Å²) in [5, 5.41) is 4.63. The molecule has 0 bridgehead atoms. The third-order valence-corrected chi connectivity index (χ3v) is 2.83. The van der Waals surface area contributed by atoms with Crippen LogP contribution in [0.15, 0.2) is 58.5 Å². The number of hydrogen-bond acceptors (Lipinski definition) is 6. The van der Waals surface area contributed by atoms with Crippen molar-refractivity contribution in [1.82, 2.24) is 0 Å². The fraction of sp³-hybridized carbons (Fsp3) is 0.125. The Morgan fingerprint density at radius 3 is 1.36 bits per heavy atom. The molecule has 0 atom stereocenters. The summed E-state index contributed by atoms with van der Waals surface area (Å²) in [6.07, 6.45) is 0. The summed E-state index contributed by atoms with van der Waals surface area (Å²) in [6, 6.07) is 14.5. The molecular formula is C16H12N2O2S2. The summed E-state index contributed by atoms with van der Waals surface area (Å²) in [5.41, 5.74) is 1.50. The van der Waals surface area contributed by atoms with Gasteiger partial charge in [-0.25, -0.2) is 0 Å². The van der Waals surface area contributed by atoms with Crippen molar-refractivity contribution in [2.24, 2.45) is 9.98 Å². The van der Waals surface area contributed by atoms with Crippen LogP contribution < -0.4 is 9.47 Å². The number of benzene rings is 2. The fourth-order valence-corrected chi connectivity index (χ4v) is 1.87. The van der Waals surface area contributed by atoms with Crippen molar-refractivity contribution >= 4 is 46.1 Å². The molecular weight excluding hydrogens is 316 g/mol. The first kappa shape index (κ1) is 16.0. The maximum Gasteiger partial charge on any atom is 0.122 e. The van der Waals surface area contributed by atoms with Crippen LogP contribution in [0, 0.1) is 0 Å². The van der Waals surface area contributed by atoms with Gasteiger partial charge in [-0.15, -0.1) is 0 Å². The number of rotatable bonds is 7. The van der Waals surface area contributed by atoms with E-state index < -0.39 is 0 Å². The molecule has 6 heteroatoms. The van der Waals surface area contributed by atoms with E-state index in [-0.39, 0.29) is 0 Å². The van der Waals surface area contributed by atoms with Gasteiger partial charge in [0.25, 0.3) is 0 Å². The van der Waals surface area contributed by atoms with Gasteiger partial charge in [0.2, 0.25) is 0 Å². The molecule has 0 amide bonds. The van der Waals surface area contributed by atoms with Crippen LogP contribution >= 0.6 is 24.4 Å². The Morgan fingerprint density at radius 1 is 0.682 bits per heavy atom. The van der Waals surface area contributed by atoms with E-state index in [0.29, 0.717) is 13.2 Å². The van der Waals surface area contributed by atoms with Gasteiger partial charge in [-0.1, -0.05) is 0 Å². The van der Waals surface area contributed by atoms with E-state index in [1.807, 2.05) is 48.5 Å². The van der Waals surface area contributed by atoms with Crippen molar-refractivity contribution in [3.8, 4) is 11.5 Å². The molecule has 2 aromatic carbocycles. The lowest BCUT2D eigenvalue weighted by Crippen LogP contribution is -2.08. The summed E-state index contributed by atoms with van der Waals surface area (Å²) in [6.45, 7) is 0.880. The molecule has 2 aromatic rings. The number of nitrogens with zero attached hydrogens (tertiary/aromatic N) is 2. The lowest BCUT2D eigenvalue weighted by molar-refractivity contribution is 0.217. The number of hydrogen-bond donors (Lipinski definition) is 0. The Labute approximate surface area is 139 Å². The van der Waals surface area contributed by atoms with Gasteiger partial charge in [0.05, 0.1) is 21.7 Å². The molecule has 0 N–H and O–H groups in total. The lowest BCUT2D eigenvalue weighted by atomic mass is 10.3. The van der Waals surface area contributed by atoms with Crippen molar-refractivity contribution in [2.45, 2.75) is 0 Å². The molecule has 0 aromatic heterocycles. The monoisotopic (exact) mass is 328 g/mol. The van der Waals surface area contributed by atoms with Gasteiger partial charge in [0.15, 0.2) is 0 Å². The first-order valence-electron chi connectivity index (χ1n) is 6.43. The minimum absolute atomic E-state index is 0.440. The molecule has 4 nitrogen and oxygen atoms in total. The van der Waals surface area contributed by atoms with E-state index in [2.05, 4.69) is 44.7 Å². The first-order valence-corrected chi connectivity index (χ1v) is 7.25. The lowest BCUT2D eigenvalue weighted by Gasteiger charge is -2.08. The molecule has 0 aliphatic carbocycles. The number of ether oxygens (including phenoxy) is 2. The average molecular weight is 328 g/mol.